The third-order valence-electron chi connectivity index (χ3n) is 4.93. The predicted octanol–water partition coefficient (Wildman–Crippen LogP) is -0.150. The minimum absolute atomic E-state index is 0.176. The first-order chi connectivity index (χ1) is 14.0. The number of imidazole rings is 1. The van der Waals surface area contributed by atoms with Crippen molar-refractivity contribution in [1.82, 2.24) is 29.3 Å². The topological polar surface area (TPSA) is 157 Å². The van der Waals surface area contributed by atoms with Gasteiger partial charge in [-0.3, -0.25) is 9.25 Å². The van der Waals surface area contributed by atoms with Crippen molar-refractivity contribution < 1.29 is 20.1 Å². The number of aromatic nitrogens is 6. The summed E-state index contributed by atoms with van der Waals surface area (Å²) in [6, 6.07) is 0. The Labute approximate surface area is 166 Å². The molecule has 1 fully saturated rings. The molecule has 11 heteroatoms. The normalized spacial score (nSPS) is 24.4. The number of aliphatic hydroxyl groups is 3. The summed E-state index contributed by atoms with van der Waals surface area (Å²) in [7, 11) is 0. The maximum absolute atomic E-state index is 10.3. The number of rotatable bonds is 7. The smallest absolute Gasteiger partial charge is 0.168 e. The van der Waals surface area contributed by atoms with Gasteiger partial charge < -0.3 is 25.8 Å². The zero-order valence-corrected chi connectivity index (χ0v) is 15.7. The van der Waals surface area contributed by atoms with Gasteiger partial charge in [0.15, 0.2) is 23.5 Å². The summed E-state index contributed by atoms with van der Waals surface area (Å²) in [5.41, 5.74) is 7.46. The van der Waals surface area contributed by atoms with E-state index in [0.29, 0.717) is 22.6 Å². The average Bonchev–Trinajstić information content (AvgIpc) is 3.41. The second kappa shape index (κ2) is 7.87. The first-order valence-electron chi connectivity index (χ1n) is 9.29. The van der Waals surface area contributed by atoms with Crippen LogP contribution in [0.15, 0.2) is 31.4 Å². The molecule has 3 aromatic heterocycles. The van der Waals surface area contributed by atoms with Gasteiger partial charge in [-0.15, -0.1) is 6.58 Å². The maximum atomic E-state index is 10.3. The highest BCUT2D eigenvalue weighted by atomic mass is 16.6. The highest BCUT2D eigenvalue weighted by molar-refractivity contribution is 5.83. The molecule has 1 saturated heterocycles. The van der Waals surface area contributed by atoms with E-state index in [1.54, 1.807) is 10.9 Å². The van der Waals surface area contributed by atoms with Crippen LogP contribution in [0.5, 0.6) is 0 Å². The van der Waals surface area contributed by atoms with E-state index >= 15 is 0 Å². The molecule has 0 aromatic carbocycles. The Morgan fingerprint density at radius 2 is 2.10 bits per heavy atom. The van der Waals surface area contributed by atoms with E-state index in [2.05, 4.69) is 26.6 Å². The highest BCUT2D eigenvalue weighted by Crippen LogP contribution is 2.32. The van der Waals surface area contributed by atoms with Crippen LogP contribution in [-0.4, -0.2) is 69.5 Å². The van der Waals surface area contributed by atoms with E-state index in [9.17, 15) is 15.3 Å². The number of nitrogen functional groups attached to an aromatic ring is 1. The number of anilines is 1. The van der Waals surface area contributed by atoms with Crippen molar-refractivity contribution in [1.29, 1.82) is 0 Å². The van der Waals surface area contributed by atoms with E-state index in [0.717, 1.165) is 19.4 Å². The summed E-state index contributed by atoms with van der Waals surface area (Å²) < 4.78 is 8.86. The summed E-state index contributed by atoms with van der Waals surface area (Å²) in [6.07, 6.45) is 4.24. The van der Waals surface area contributed by atoms with Gasteiger partial charge in [-0.05, 0) is 12.8 Å². The summed E-state index contributed by atoms with van der Waals surface area (Å²) in [4.78, 5) is 13.1. The first kappa shape index (κ1) is 19.5. The lowest BCUT2D eigenvalue weighted by Gasteiger charge is -2.16. The van der Waals surface area contributed by atoms with Gasteiger partial charge in [0, 0.05) is 12.7 Å². The zero-order valence-electron chi connectivity index (χ0n) is 15.7. The number of ether oxygens (including phenoxy) is 1. The second-order valence-corrected chi connectivity index (χ2v) is 6.91. The summed E-state index contributed by atoms with van der Waals surface area (Å²) in [5, 5.41) is 34.0. The Bertz CT molecular complexity index is 1020. The van der Waals surface area contributed by atoms with E-state index in [1.165, 1.54) is 10.9 Å². The van der Waals surface area contributed by atoms with E-state index < -0.39 is 31.1 Å². The standard InChI is InChI=1S/C18H23N7O4/c1-2-3-4-5-24-7-10(6-21-24)16-22-15(19)12-17(23-16)25(9-20-12)18-14(28)13(27)11(8-26)29-18/h2,6-7,9,11,13-14,18,26-28H,1,3-5,8H2,(H2,19,22,23)/t11-,13-,14-,18?/m0/s1. The summed E-state index contributed by atoms with van der Waals surface area (Å²) in [5.74, 6) is 0.536. The van der Waals surface area contributed by atoms with Crippen LogP contribution < -0.4 is 5.73 Å². The van der Waals surface area contributed by atoms with Crippen molar-refractivity contribution >= 4 is 17.0 Å². The number of allylic oxidation sites excluding steroid dienone is 1. The van der Waals surface area contributed by atoms with E-state index in [1.807, 2.05) is 12.3 Å². The number of hydrogen-bond acceptors (Lipinski definition) is 9. The molecule has 3 aromatic rings. The molecule has 4 heterocycles. The Hall–Kier alpha value is -2.86. The molecule has 4 rings (SSSR count). The van der Waals surface area contributed by atoms with Crippen molar-refractivity contribution in [2.45, 2.75) is 43.9 Å². The Morgan fingerprint density at radius 1 is 1.28 bits per heavy atom. The molecule has 5 N–H and O–H groups in total. The summed E-state index contributed by atoms with van der Waals surface area (Å²) in [6.45, 7) is 4.03. The van der Waals surface area contributed by atoms with Gasteiger partial charge in [0.2, 0.25) is 0 Å². The van der Waals surface area contributed by atoms with Gasteiger partial charge in [-0.1, -0.05) is 6.08 Å². The lowest BCUT2D eigenvalue weighted by Crippen LogP contribution is -2.33. The maximum Gasteiger partial charge on any atom is 0.168 e. The van der Waals surface area contributed by atoms with Gasteiger partial charge in [-0.25, -0.2) is 15.0 Å². The fourth-order valence-corrected chi connectivity index (χ4v) is 3.36. The molecule has 0 bridgehead atoms. The van der Waals surface area contributed by atoms with Crippen LogP contribution in [-0.2, 0) is 11.3 Å². The fourth-order valence-electron chi connectivity index (χ4n) is 3.36. The molecule has 0 radical (unpaired) electrons. The van der Waals surface area contributed by atoms with Gasteiger partial charge in [0.1, 0.15) is 23.8 Å². The van der Waals surface area contributed by atoms with Gasteiger partial charge in [0.25, 0.3) is 0 Å². The van der Waals surface area contributed by atoms with Gasteiger partial charge >= 0.3 is 0 Å². The summed E-state index contributed by atoms with van der Waals surface area (Å²) >= 11 is 0. The van der Waals surface area contributed by atoms with E-state index in [4.69, 9.17) is 10.5 Å². The van der Waals surface area contributed by atoms with Crippen molar-refractivity contribution in [3.63, 3.8) is 0 Å². The monoisotopic (exact) mass is 401 g/mol. The lowest BCUT2D eigenvalue weighted by atomic mass is 10.1. The molecule has 1 unspecified atom stereocenters. The lowest BCUT2D eigenvalue weighted by molar-refractivity contribution is -0.0511. The Morgan fingerprint density at radius 3 is 2.83 bits per heavy atom. The second-order valence-electron chi connectivity index (χ2n) is 6.91. The number of hydrogen-bond donors (Lipinski definition) is 4. The average molecular weight is 401 g/mol. The third-order valence-corrected chi connectivity index (χ3v) is 4.93. The molecule has 154 valence electrons. The molecular weight excluding hydrogens is 378 g/mol. The van der Waals surface area contributed by atoms with Crippen LogP contribution in [0.1, 0.15) is 19.1 Å². The minimum atomic E-state index is -1.25. The molecule has 0 aliphatic carbocycles. The van der Waals surface area contributed by atoms with Gasteiger partial charge in [0.05, 0.1) is 24.7 Å². The number of aliphatic hydroxyl groups excluding tert-OH is 3. The van der Waals surface area contributed by atoms with Crippen LogP contribution in [0.4, 0.5) is 5.82 Å². The highest BCUT2D eigenvalue weighted by Gasteiger charge is 2.44. The van der Waals surface area contributed by atoms with Crippen LogP contribution >= 0.6 is 0 Å². The van der Waals surface area contributed by atoms with Crippen molar-refractivity contribution in [3.05, 3.63) is 31.4 Å². The fraction of sp³-hybridized carbons (Fsp3) is 0.444. The van der Waals surface area contributed by atoms with Crippen molar-refractivity contribution in [2.24, 2.45) is 0 Å². The Balaban J connectivity index is 1.68. The molecule has 1 aliphatic heterocycles. The zero-order chi connectivity index (χ0) is 20.5. The molecule has 11 nitrogen and oxygen atoms in total. The SMILES string of the molecule is C=CCCCn1cc(-c2nc(N)c3ncn(C4O[C@@H](CO)[C@H](O)[C@@H]4O)c3n2)cn1. The van der Waals surface area contributed by atoms with E-state index in [-0.39, 0.29) is 5.82 Å². The molecule has 0 spiro atoms. The van der Waals surface area contributed by atoms with Crippen molar-refractivity contribution in [3.8, 4) is 11.4 Å². The first-order valence-corrected chi connectivity index (χ1v) is 9.29. The molecular formula is C18H23N7O4. The van der Waals surface area contributed by atoms with Crippen LogP contribution in [0, 0.1) is 0 Å². The number of nitrogens with zero attached hydrogens (tertiary/aromatic N) is 6. The number of nitrogens with two attached hydrogens (primary N) is 1. The number of fused-ring (bicyclic) bond motifs is 1. The number of aryl methyl sites for hydroxylation is 1. The largest absolute Gasteiger partial charge is 0.394 e. The van der Waals surface area contributed by atoms with Gasteiger partial charge in [-0.2, -0.15) is 5.10 Å². The molecule has 1 aliphatic rings. The van der Waals surface area contributed by atoms with Crippen LogP contribution in [0.25, 0.3) is 22.6 Å². The van der Waals surface area contributed by atoms with Crippen LogP contribution in [0.3, 0.4) is 0 Å². The molecule has 4 atom stereocenters. The van der Waals surface area contributed by atoms with Crippen molar-refractivity contribution in [2.75, 3.05) is 12.3 Å². The Kier molecular flexibility index (Phi) is 5.28. The number of unbranched alkanes of at least 4 members (excludes halogenated alkanes) is 1. The minimum Gasteiger partial charge on any atom is -0.394 e. The third kappa shape index (κ3) is 3.49. The van der Waals surface area contributed by atoms with Crippen LogP contribution in [0.2, 0.25) is 0 Å². The molecule has 29 heavy (non-hydrogen) atoms. The molecule has 0 saturated carbocycles. The quantitative estimate of drug-likeness (QED) is 0.312. The predicted molar refractivity (Wildman–Crippen MR) is 103 cm³/mol. The molecule has 0 amide bonds.